The fraction of sp³-hybridized carbons (Fsp3) is 1.00. The summed E-state index contributed by atoms with van der Waals surface area (Å²) in [6.07, 6.45) is 19.7. The average Bonchev–Trinajstić information content (AvgIpc) is 2.49. The van der Waals surface area contributed by atoms with E-state index in [0.717, 1.165) is 29.6 Å². The molecule has 0 aliphatic heterocycles. The van der Waals surface area contributed by atoms with Crippen molar-refractivity contribution in [2.45, 2.75) is 104 Å². The summed E-state index contributed by atoms with van der Waals surface area (Å²) in [6.45, 7) is 7.23. The first-order valence-electron chi connectivity index (χ1n) is 10.2. The van der Waals surface area contributed by atoms with Gasteiger partial charge in [-0.05, 0) is 48.9 Å². The molecule has 2 rings (SSSR count). The topological polar surface area (TPSA) is 0 Å². The fourth-order valence-electron chi connectivity index (χ4n) is 5.30. The third-order valence-electron chi connectivity index (χ3n) is 6.83. The normalized spacial score (nSPS) is 37.6. The maximum Gasteiger partial charge on any atom is -0.0391 e. The zero-order valence-corrected chi connectivity index (χ0v) is 15.1. The van der Waals surface area contributed by atoms with E-state index >= 15 is 0 Å². The quantitative estimate of drug-likeness (QED) is 0.434. The van der Waals surface area contributed by atoms with Gasteiger partial charge in [0, 0.05) is 0 Å². The Morgan fingerprint density at radius 1 is 0.762 bits per heavy atom. The van der Waals surface area contributed by atoms with Crippen molar-refractivity contribution < 1.29 is 0 Å². The summed E-state index contributed by atoms with van der Waals surface area (Å²) >= 11 is 0. The first-order chi connectivity index (χ1) is 10.2. The van der Waals surface area contributed by atoms with Crippen LogP contribution in [-0.2, 0) is 0 Å². The van der Waals surface area contributed by atoms with Gasteiger partial charge in [-0.3, -0.25) is 0 Å². The van der Waals surface area contributed by atoms with Crippen LogP contribution in [0, 0.1) is 29.6 Å². The van der Waals surface area contributed by atoms with Crippen LogP contribution in [0.15, 0.2) is 0 Å². The van der Waals surface area contributed by atoms with Gasteiger partial charge in [0.1, 0.15) is 0 Å². The van der Waals surface area contributed by atoms with Crippen molar-refractivity contribution in [3.05, 3.63) is 0 Å². The minimum Gasteiger partial charge on any atom is -0.0654 e. The first kappa shape index (κ1) is 17.4. The molecule has 0 N–H and O–H groups in total. The highest BCUT2D eigenvalue weighted by molar-refractivity contribution is 4.81. The lowest BCUT2D eigenvalue weighted by molar-refractivity contribution is 0.147. The summed E-state index contributed by atoms with van der Waals surface area (Å²) < 4.78 is 0. The second-order valence-electron chi connectivity index (χ2n) is 8.44. The van der Waals surface area contributed by atoms with Gasteiger partial charge in [-0.1, -0.05) is 85.0 Å². The summed E-state index contributed by atoms with van der Waals surface area (Å²) in [7, 11) is 0. The summed E-state index contributed by atoms with van der Waals surface area (Å²) in [5.41, 5.74) is 0. The van der Waals surface area contributed by atoms with Gasteiger partial charge in [0.2, 0.25) is 0 Å². The molecule has 21 heavy (non-hydrogen) atoms. The average molecular weight is 293 g/mol. The Hall–Kier alpha value is 0. The SMILES string of the molecule is CCCCCC1CCC(CC2CCC(CC)C(C)C2)CC1. The Morgan fingerprint density at radius 2 is 1.43 bits per heavy atom. The number of unbranched alkanes of at least 4 members (excludes halogenated alkanes) is 2. The van der Waals surface area contributed by atoms with E-state index in [4.69, 9.17) is 0 Å². The van der Waals surface area contributed by atoms with Crippen molar-refractivity contribution in [2.24, 2.45) is 29.6 Å². The minimum atomic E-state index is 0.999. The monoisotopic (exact) mass is 292 g/mol. The molecule has 0 heterocycles. The number of rotatable bonds is 7. The van der Waals surface area contributed by atoms with Crippen LogP contribution in [-0.4, -0.2) is 0 Å². The molecule has 0 amide bonds. The van der Waals surface area contributed by atoms with Crippen LogP contribution >= 0.6 is 0 Å². The third-order valence-corrected chi connectivity index (χ3v) is 6.83. The van der Waals surface area contributed by atoms with Gasteiger partial charge in [0.15, 0.2) is 0 Å². The number of hydrogen-bond acceptors (Lipinski definition) is 0. The van der Waals surface area contributed by atoms with Crippen LogP contribution in [0.3, 0.4) is 0 Å². The molecule has 0 heteroatoms. The Balaban J connectivity index is 1.62. The molecule has 0 spiro atoms. The molecule has 2 fully saturated rings. The minimum absolute atomic E-state index is 0.999. The van der Waals surface area contributed by atoms with Crippen LogP contribution in [0.4, 0.5) is 0 Å². The lowest BCUT2D eigenvalue weighted by Gasteiger charge is -2.37. The van der Waals surface area contributed by atoms with Crippen LogP contribution in [0.2, 0.25) is 0 Å². The van der Waals surface area contributed by atoms with E-state index in [-0.39, 0.29) is 0 Å². The number of hydrogen-bond donors (Lipinski definition) is 0. The largest absolute Gasteiger partial charge is 0.0654 e. The molecule has 124 valence electrons. The van der Waals surface area contributed by atoms with E-state index in [2.05, 4.69) is 20.8 Å². The highest BCUT2D eigenvalue weighted by atomic mass is 14.3. The van der Waals surface area contributed by atoms with Crippen LogP contribution in [0.25, 0.3) is 0 Å². The molecule has 0 radical (unpaired) electrons. The maximum atomic E-state index is 2.52. The summed E-state index contributed by atoms with van der Waals surface area (Å²) in [5, 5.41) is 0. The molecule has 3 unspecified atom stereocenters. The van der Waals surface area contributed by atoms with Crippen LogP contribution < -0.4 is 0 Å². The Morgan fingerprint density at radius 3 is 2.05 bits per heavy atom. The molecule has 0 nitrogen and oxygen atoms in total. The van der Waals surface area contributed by atoms with Crippen molar-refractivity contribution in [3.8, 4) is 0 Å². The van der Waals surface area contributed by atoms with Gasteiger partial charge in [-0.2, -0.15) is 0 Å². The van der Waals surface area contributed by atoms with E-state index < -0.39 is 0 Å². The molecule has 3 atom stereocenters. The smallest absolute Gasteiger partial charge is 0.0391 e. The molecule has 0 saturated heterocycles. The molecule has 0 aromatic rings. The van der Waals surface area contributed by atoms with E-state index in [1.54, 1.807) is 38.5 Å². The predicted molar refractivity (Wildman–Crippen MR) is 94.5 cm³/mol. The Kier molecular flexibility index (Phi) is 7.61. The highest BCUT2D eigenvalue weighted by Gasteiger charge is 2.29. The molecule has 0 aromatic carbocycles. The van der Waals surface area contributed by atoms with Crippen molar-refractivity contribution in [3.63, 3.8) is 0 Å². The maximum absolute atomic E-state index is 2.52. The van der Waals surface area contributed by atoms with Gasteiger partial charge in [0.25, 0.3) is 0 Å². The molecule has 2 saturated carbocycles. The lowest BCUT2D eigenvalue weighted by Crippen LogP contribution is -2.25. The van der Waals surface area contributed by atoms with E-state index in [1.165, 1.54) is 44.9 Å². The highest BCUT2D eigenvalue weighted by Crippen LogP contribution is 2.41. The molecule has 2 aliphatic carbocycles. The van der Waals surface area contributed by atoms with Gasteiger partial charge in [-0.25, -0.2) is 0 Å². The predicted octanol–water partition coefficient (Wildman–Crippen LogP) is 7.23. The van der Waals surface area contributed by atoms with Crippen molar-refractivity contribution in [2.75, 3.05) is 0 Å². The molecular weight excluding hydrogens is 252 g/mol. The second kappa shape index (κ2) is 9.21. The molecule has 0 aromatic heterocycles. The standard InChI is InChI=1S/C21H40/c1-4-6-7-8-18-9-11-19(12-10-18)16-20-13-14-21(5-2)17(3)15-20/h17-21H,4-16H2,1-3H3. The van der Waals surface area contributed by atoms with Crippen molar-refractivity contribution >= 4 is 0 Å². The molecule has 2 aliphatic rings. The van der Waals surface area contributed by atoms with Crippen LogP contribution in [0.5, 0.6) is 0 Å². The molecule has 0 bridgehead atoms. The zero-order chi connectivity index (χ0) is 15.1. The van der Waals surface area contributed by atoms with E-state index in [0.29, 0.717) is 0 Å². The van der Waals surface area contributed by atoms with Gasteiger partial charge in [0.05, 0.1) is 0 Å². The van der Waals surface area contributed by atoms with Crippen molar-refractivity contribution in [1.29, 1.82) is 0 Å². The van der Waals surface area contributed by atoms with Gasteiger partial charge >= 0.3 is 0 Å². The summed E-state index contributed by atoms with van der Waals surface area (Å²) in [6, 6.07) is 0. The van der Waals surface area contributed by atoms with Crippen LogP contribution in [0.1, 0.15) is 104 Å². The lowest BCUT2D eigenvalue weighted by atomic mass is 9.69. The van der Waals surface area contributed by atoms with E-state index in [9.17, 15) is 0 Å². The first-order valence-corrected chi connectivity index (χ1v) is 10.2. The van der Waals surface area contributed by atoms with Gasteiger partial charge in [-0.15, -0.1) is 0 Å². The summed E-state index contributed by atoms with van der Waals surface area (Å²) in [5.74, 6) is 5.28. The second-order valence-corrected chi connectivity index (χ2v) is 8.44. The Bertz CT molecular complexity index is 261. The van der Waals surface area contributed by atoms with Crippen molar-refractivity contribution in [1.82, 2.24) is 0 Å². The molecular formula is C21H40. The van der Waals surface area contributed by atoms with Gasteiger partial charge < -0.3 is 0 Å². The zero-order valence-electron chi connectivity index (χ0n) is 15.1. The summed E-state index contributed by atoms with van der Waals surface area (Å²) in [4.78, 5) is 0. The Labute approximate surface area is 134 Å². The fourth-order valence-corrected chi connectivity index (χ4v) is 5.30. The van der Waals surface area contributed by atoms with E-state index in [1.807, 2.05) is 0 Å². The third kappa shape index (κ3) is 5.61.